The van der Waals surface area contributed by atoms with E-state index in [0.29, 0.717) is 5.76 Å². The van der Waals surface area contributed by atoms with E-state index in [2.05, 4.69) is 11.5 Å². The largest absolute Gasteiger partial charge is 0.343 e. The monoisotopic (exact) mass is 116 g/mol. The Kier molecular flexibility index (Phi) is 3.28. The second-order valence-electron chi connectivity index (χ2n) is 1.93. The Morgan fingerprint density at radius 3 is 2.12 bits per heavy atom. The number of hydrogen-bond acceptors (Lipinski definition) is 2. The van der Waals surface area contributed by atoms with Crippen molar-refractivity contribution in [3.05, 3.63) is 12.3 Å². The van der Waals surface area contributed by atoms with E-state index in [0.717, 1.165) is 0 Å². The molecule has 0 aliphatic heterocycles. The highest BCUT2D eigenvalue weighted by Crippen LogP contribution is 1.95. The maximum absolute atomic E-state index is 4.70. The maximum Gasteiger partial charge on any atom is 0.132 e. The van der Waals surface area contributed by atoms with Crippen LogP contribution in [0.3, 0.4) is 0 Å². The zero-order valence-corrected chi connectivity index (χ0v) is 5.60. The quantitative estimate of drug-likeness (QED) is 0.318. The van der Waals surface area contributed by atoms with Gasteiger partial charge in [0.05, 0.1) is 6.10 Å². The molecule has 0 atom stereocenters. The van der Waals surface area contributed by atoms with E-state index in [4.69, 9.17) is 4.89 Å². The van der Waals surface area contributed by atoms with Gasteiger partial charge in [0.1, 0.15) is 5.76 Å². The summed E-state index contributed by atoms with van der Waals surface area (Å²) in [7, 11) is 0. The summed E-state index contributed by atoms with van der Waals surface area (Å²) in [5.41, 5.74) is 0. The average molecular weight is 116 g/mol. The summed E-state index contributed by atoms with van der Waals surface area (Å²) in [6.45, 7) is 9.00. The minimum atomic E-state index is 0.103. The molecule has 0 bridgehead atoms. The second kappa shape index (κ2) is 3.50. The van der Waals surface area contributed by atoms with Crippen molar-refractivity contribution >= 4 is 0 Å². The van der Waals surface area contributed by atoms with E-state index in [-0.39, 0.29) is 6.10 Å². The first-order valence-electron chi connectivity index (χ1n) is 2.61. The predicted molar refractivity (Wildman–Crippen MR) is 32.1 cm³/mol. The lowest BCUT2D eigenvalue weighted by molar-refractivity contribution is -0.285. The van der Waals surface area contributed by atoms with Crippen molar-refractivity contribution in [3.8, 4) is 0 Å². The van der Waals surface area contributed by atoms with Gasteiger partial charge in [-0.3, -0.25) is 0 Å². The fourth-order valence-electron chi connectivity index (χ4n) is 0.178. The third-order valence-electron chi connectivity index (χ3n) is 0.383. The highest BCUT2D eigenvalue weighted by Gasteiger charge is 1.91. The SMILES string of the molecule is C=C(C)OOC(C)C. The molecule has 0 aromatic carbocycles. The van der Waals surface area contributed by atoms with Crippen LogP contribution in [0, 0.1) is 0 Å². The van der Waals surface area contributed by atoms with Crippen molar-refractivity contribution in [1.29, 1.82) is 0 Å². The van der Waals surface area contributed by atoms with Crippen LogP contribution in [-0.2, 0) is 9.78 Å². The third kappa shape index (κ3) is 5.50. The molecule has 0 aromatic rings. The molecule has 0 unspecified atom stereocenters. The van der Waals surface area contributed by atoms with Gasteiger partial charge in [0, 0.05) is 0 Å². The number of allylic oxidation sites excluding steroid dienone is 1. The van der Waals surface area contributed by atoms with Gasteiger partial charge in [-0.05, 0) is 20.8 Å². The minimum absolute atomic E-state index is 0.103. The van der Waals surface area contributed by atoms with Gasteiger partial charge in [-0.25, -0.2) is 0 Å². The molecule has 0 spiro atoms. The molecular weight excluding hydrogens is 104 g/mol. The normalized spacial score (nSPS) is 9.50. The molecule has 0 aliphatic rings. The van der Waals surface area contributed by atoms with Crippen LogP contribution >= 0.6 is 0 Å². The van der Waals surface area contributed by atoms with Crippen LogP contribution in [0.25, 0.3) is 0 Å². The van der Waals surface area contributed by atoms with E-state index < -0.39 is 0 Å². The van der Waals surface area contributed by atoms with Crippen LogP contribution in [0.15, 0.2) is 12.3 Å². The summed E-state index contributed by atoms with van der Waals surface area (Å²) in [5, 5.41) is 0. The molecule has 0 aromatic heterocycles. The molecule has 0 N–H and O–H groups in total. The highest BCUT2D eigenvalue weighted by atomic mass is 17.2. The van der Waals surface area contributed by atoms with Crippen molar-refractivity contribution in [3.63, 3.8) is 0 Å². The van der Waals surface area contributed by atoms with Crippen LogP contribution in [-0.4, -0.2) is 6.10 Å². The molecular formula is C6H12O2. The fourth-order valence-corrected chi connectivity index (χ4v) is 0.178. The Morgan fingerprint density at radius 1 is 1.50 bits per heavy atom. The van der Waals surface area contributed by atoms with Gasteiger partial charge in [-0.15, -0.1) is 0 Å². The van der Waals surface area contributed by atoms with Crippen LogP contribution in [0.1, 0.15) is 20.8 Å². The van der Waals surface area contributed by atoms with E-state index >= 15 is 0 Å². The van der Waals surface area contributed by atoms with Gasteiger partial charge in [0.2, 0.25) is 0 Å². The molecule has 2 heteroatoms. The lowest BCUT2D eigenvalue weighted by Crippen LogP contribution is -2.01. The second-order valence-corrected chi connectivity index (χ2v) is 1.93. The zero-order valence-electron chi connectivity index (χ0n) is 5.60. The van der Waals surface area contributed by atoms with Gasteiger partial charge in [-0.2, -0.15) is 4.89 Å². The topological polar surface area (TPSA) is 18.5 Å². The molecule has 0 radical (unpaired) electrons. The summed E-state index contributed by atoms with van der Waals surface area (Å²) < 4.78 is 0. The molecule has 48 valence electrons. The molecule has 0 saturated heterocycles. The van der Waals surface area contributed by atoms with Crippen LogP contribution in [0.5, 0.6) is 0 Å². The molecule has 0 saturated carbocycles. The van der Waals surface area contributed by atoms with Crippen LogP contribution in [0.4, 0.5) is 0 Å². The Hall–Kier alpha value is -0.500. The van der Waals surface area contributed by atoms with E-state index in [1.54, 1.807) is 6.92 Å². The minimum Gasteiger partial charge on any atom is -0.343 e. The van der Waals surface area contributed by atoms with E-state index in [1.807, 2.05) is 13.8 Å². The third-order valence-corrected chi connectivity index (χ3v) is 0.383. The van der Waals surface area contributed by atoms with Crippen molar-refractivity contribution in [1.82, 2.24) is 0 Å². The lowest BCUT2D eigenvalue weighted by atomic mass is 10.5. The Balaban J connectivity index is 3.05. The Labute approximate surface area is 50.0 Å². The number of hydrogen-bond donors (Lipinski definition) is 0. The summed E-state index contributed by atoms with van der Waals surface area (Å²) in [4.78, 5) is 9.31. The molecule has 2 nitrogen and oxygen atoms in total. The molecule has 0 amide bonds. The predicted octanol–water partition coefficient (Wildman–Crippen LogP) is 1.88. The first-order chi connectivity index (χ1) is 3.63. The summed E-state index contributed by atoms with van der Waals surface area (Å²) >= 11 is 0. The standard InChI is InChI=1S/C6H12O2/c1-5(2)7-8-6(3)4/h6H,1H2,2-4H3. The number of rotatable bonds is 3. The first-order valence-corrected chi connectivity index (χ1v) is 2.61. The summed E-state index contributed by atoms with van der Waals surface area (Å²) in [5.74, 6) is 0.582. The van der Waals surface area contributed by atoms with Crippen molar-refractivity contribution < 1.29 is 9.78 Å². The van der Waals surface area contributed by atoms with Crippen molar-refractivity contribution in [2.24, 2.45) is 0 Å². The highest BCUT2D eigenvalue weighted by molar-refractivity contribution is 4.70. The molecule has 0 rings (SSSR count). The van der Waals surface area contributed by atoms with Gasteiger partial charge in [0.15, 0.2) is 0 Å². The smallest absolute Gasteiger partial charge is 0.132 e. The van der Waals surface area contributed by atoms with Crippen LogP contribution < -0.4 is 0 Å². The molecule has 8 heavy (non-hydrogen) atoms. The summed E-state index contributed by atoms with van der Waals surface area (Å²) in [6.07, 6.45) is 0.103. The first kappa shape index (κ1) is 7.50. The van der Waals surface area contributed by atoms with Crippen LogP contribution in [0.2, 0.25) is 0 Å². The van der Waals surface area contributed by atoms with Gasteiger partial charge in [-0.1, -0.05) is 6.58 Å². The van der Waals surface area contributed by atoms with Crippen molar-refractivity contribution in [2.75, 3.05) is 0 Å². The molecule has 0 fully saturated rings. The zero-order chi connectivity index (χ0) is 6.57. The molecule has 0 aliphatic carbocycles. The average Bonchev–Trinajstić information content (AvgIpc) is 1.61. The Morgan fingerprint density at radius 2 is 2.00 bits per heavy atom. The van der Waals surface area contributed by atoms with Crippen molar-refractivity contribution in [2.45, 2.75) is 26.9 Å². The van der Waals surface area contributed by atoms with E-state index in [9.17, 15) is 0 Å². The fraction of sp³-hybridized carbons (Fsp3) is 0.667. The Bertz CT molecular complexity index is 76.6. The summed E-state index contributed by atoms with van der Waals surface area (Å²) in [6, 6.07) is 0. The van der Waals surface area contributed by atoms with Gasteiger partial charge in [0.25, 0.3) is 0 Å². The molecule has 0 heterocycles. The lowest BCUT2D eigenvalue weighted by Gasteiger charge is -2.05. The van der Waals surface area contributed by atoms with Gasteiger partial charge < -0.3 is 4.89 Å². The van der Waals surface area contributed by atoms with E-state index in [1.165, 1.54) is 0 Å². The maximum atomic E-state index is 4.70. The van der Waals surface area contributed by atoms with Gasteiger partial charge >= 0.3 is 0 Å².